The minimum absolute atomic E-state index is 0.0159. The second-order valence-corrected chi connectivity index (χ2v) is 15.7. The van der Waals surface area contributed by atoms with E-state index in [0.717, 1.165) is 76.5 Å². The summed E-state index contributed by atoms with van der Waals surface area (Å²) in [6.07, 6.45) is 25.9. The number of benzene rings is 1. The van der Waals surface area contributed by atoms with E-state index in [0.29, 0.717) is 11.8 Å². The summed E-state index contributed by atoms with van der Waals surface area (Å²) in [6.45, 7) is 17.3. The molecule has 0 aromatic heterocycles. The average molecular weight is 555 g/mol. The van der Waals surface area contributed by atoms with Gasteiger partial charge in [0.25, 0.3) is 0 Å². The Morgan fingerprint density at radius 3 is 2.23 bits per heavy atom. The second-order valence-electron chi connectivity index (χ2n) is 12.7. The first-order valence-corrected chi connectivity index (χ1v) is 18.5. The van der Waals surface area contributed by atoms with Crippen molar-refractivity contribution in [2.45, 2.75) is 136 Å². The lowest BCUT2D eigenvalue weighted by atomic mass is 9.79. The zero-order valence-corrected chi connectivity index (χ0v) is 27.4. The standard InChI is InChI=1S/C36H62O2Si/c1-8-12-14-26-35(39(7,37)38)30-36(6,27-9-2)28-20-19-22-32(11-4)29-34(33-23-15-13-16-24-33)25-18-17-21-31(5)10-3/h11,13,15-18,20,23-24,28,31-32,34-35,37-38H,4,8-10,12,14,19,21-22,25-27,29-30H2,1-3,5-7H3/b18-17+,28-20+. The van der Waals surface area contributed by atoms with Gasteiger partial charge in [0.15, 0.2) is 0 Å². The van der Waals surface area contributed by atoms with Crippen molar-refractivity contribution in [3.8, 4) is 0 Å². The first-order chi connectivity index (χ1) is 18.6. The minimum atomic E-state index is -3.17. The lowest BCUT2D eigenvalue weighted by Gasteiger charge is -2.34. The summed E-state index contributed by atoms with van der Waals surface area (Å²) in [5, 5.41) is 0. The van der Waals surface area contributed by atoms with Gasteiger partial charge in [-0.05, 0) is 86.6 Å². The number of hydrogen-bond acceptors (Lipinski definition) is 2. The summed E-state index contributed by atoms with van der Waals surface area (Å²) in [7, 11) is -3.17. The Bertz CT molecular complexity index is 809. The molecule has 1 aromatic carbocycles. The van der Waals surface area contributed by atoms with E-state index < -0.39 is 8.56 Å². The van der Waals surface area contributed by atoms with Gasteiger partial charge in [-0.1, -0.05) is 127 Å². The first kappa shape index (κ1) is 35.6. The number of hydrogen-bond donors (Lipinski definition) is 2. The molecule has 1 rings (SSSR count). The topological polar surface area (TPSA) is 40.5 Å². The smallest absolute Gasteiger partial charge is 0.332 e. The highest BCUT2D eigenvalue weighted by Gasteiger charge is 2.38. The fraction of sp³-hybridized carbons (Fsp3) is 0.667. The molecule has 0 amide bonds. The molecule has 5 unspecified atom stereocenters. The Hall–Kier alpha value is -1.42. The van der Waals surface area contributed by atoms with Crippen molar-refractivity contribution in [2.75, 3.05) is 0 Å². The average Bonchev–Trinajstić information content (AvgIpc) is 2.91. The van der Waals surface area contributed by atoms with Crippen LogP contribution in [0.4, 0.5) is 0 Å². The molecule has 0 fully saturated rings. The number of unbranched alkanes of at least 4 members (excludes halogenated alkanes) is 2. The Labute approximate surface area is 244 Å². The lowest BCUT2D eigenvalue weighted by Crippen LogP contribution is -2.39. The third kappa shape index (κ3) is 15.2. The van der Waals surface area contributed by atoms with Crippen LogP contribution in [-0.2, 0) is 0 Å². The van der Waals surface area contributed by atoms with Crippen molar-refractivity contribution in [1.82, 2.24) is 0 Å². The first-order valence-electron chi connectivity index (χ1n) is 16.0. The highest BCUT2D eigenvalue weighted by Crippen LogP contribution is 2.41. The fourth-order valence-electron chi connectivity index (χ4n) is 5.82. The van der Waals surface area contributed by atoms with Crippen LogP contribution in [-0.4, -0.2) is 18.2 Å². The van der Waals surface area contributed by atoms with Gasteiger partial charge in [0, 0.05) is 5.54 Å². The molecule has 0 radical (unpaired) electrons. The molecule has 3 heteroatoms. The summed E-state index contributed by atoms with van der Waals surface area (Å²) in [5.41, 5.74) is 1.48. The Kier molecular flexibility index (Phi) is 17.9. The van der Waals surface area contributed by atoms with E-state index in [4.69, 9.17) is 0 Å². The quantitative estimate of drug-likeness (QED) is 0.0850. The van der Waals surface area contributed by atoms with Crippen molar-refractivity contribution in [1.29, 1.82) is 0 Å². The minimum Gasteiger partial charge on any atom is -0.411 e. The molecule has 2 N–H and O–H groups in total. The van der Waals surface area contributed by atoms with Crippen LogP contribution < -0.4 is 0 Å². The van der Waals surface area contributed by atoms with Crippen LogP contribution in [0.25, 0.3) is 0 Å². The van der Waals surface area contributed by atoms with Gasteiger partial charge in [-0.3, -0.25) is 0 Å². The maximum Gasteiger partial charge on any atom is 0.332 e. The third-order valence-corrected chi connectivity index (χ3v) is 10.7. The Morgan fingerprint density at radius 2 is 1.64 bits per heavy atom. The van der Waals surface area contributed by atoms with Crippen LogP contribution in [0.3, 0.4) is 0 Å². The van der Waals surface area contributed by atoms with Crippen LogP contribution in [0.15, 0.2) is 67.3 Å². The van der Waals surface area contributed by atoms with E-state index in [2.05, 4.69) is 102 Å². The van der Waals surface area contributed by atoms with Gasteiger partial charge >= 0.3 is 8.56 Å². The van der Waals surface area contributed by atoms with E-state index in [1.54, 1.807) is 6.55 Å². The molecule has 0 saturated heterocycles. The van der Waals surface area contributed by atoms with Gasteiger partial charge in [0.2, 0.25) is 0 Å². The molecule has 5 atom stereocenters. The maximum absolute atomic E-state index is 10.6. The lowest BCUT2D eigenvalue weighted by molar-refractivity contribution is 0.280. The third-order valence-electron chi connectivity index (χ3n) is 8.70. The molecule has 1 aromatic rings. The Morgan fingerprint density at radius 1 is 0.949 bits per heavy atom. The van der Waals surface area contributed by atoms with Crippen LogP contribution in [0.1, 0.15) is 130 Å². The van der Waals surface area contributed by atoms with E-state index >= 15 is 0 Å². The summed E-state index contributed by atoms with van der Waals surface area (Å²) >= 11 is 0. The van der Waals surface area contributed by atoms with Crippen molar-refractivity contribution in [3.05, 3.63) is 72.9 Å². The molecule has 0 bridgehead atoms. The SMILES string of the molecule is C=CC(CC/C=C/C(C)(CCC)CC(CCCCC)[Si](C)(O)O)CC(C/C=C/CC(C)CC)c1ccccc1. The van der Waals surface area contributed by atoms with Gasteiger partial charge in [-0.15, -0.1) is 6.58 Å². The molecule has 0 spiro atoms. The Balaban J connectivity index is 2.84. The van der Waals surface area contributed by atoms with E-state index in [1.165, 1.54) is 18.4 Å². The number of allylic oxidation sites excluding steroid dienone is 5. The summed E-state index contributed by atoms with van der Waals surface area (Å²) in [6, 6.07) is 11.0. The van der Waals surface area contributed by atoms with Gasteiger partial charge in [-0.25, -0.2) is 0 Å². The molecule has 0 aliphatic carbocycles. The second kappa shape index (κ2) is 19.6. The molecule has 39 heavy (non-hydrogen) atoms. The normalized spacial score (nSPS) is 17.2. The van der Waals surface area contributed by atoms with Crippen LogP contribution in [0, 0.1) is 17.3 Å². The molecule has 2 nitrogen and oxygen atoms in total. The molecule has 222 valence electrons. The largest absolute Gasteiger partial charge is 0.411 e. The molecular formula is C36H62O2Si. The van der Waals surface area contributed by atoms with Crippen LogP contribution in [0.5, 0.6) is 0 Å². The van der Waals surface area contributed by atoms with E-state index in [9.17, 15) is 9.59 Å². The highest BCUT2D eigenvalue weighted by molar-refractivity contribution is 6.64. The zero-order valence-electron chi connectivity index (χ0n) is 26.4. The van der Waals surface area contributed by atoms with Gasteiger partial charge in [0.1, 0.15) is 0 Å². The van der Waals surface area contributed by atoms with Gasteiger partial charge in [-0.2, -0.15) is 0 Å². The zero-order chi connectivity index (χ0) is 29.2. The van der Waals surface area contributed by atoms with E-state index in [1.807, 2.05) is 0 Å². The van der Waals surface area contributed by atoms with Gasteiger partial charge in [0.05, 0.1) is 0 Å². The maximum atomic E-state index is 10.6. The summed E-state index contributed by atoms with van der Waals surface area (Å²) < 4.78 is 0. The molecule has 0 aliphatic rings. The molecule has 0 saturated carbocycles. The predicted molar refractivity (Wildman–Crippen MR) is 175 cm³/mol. The summed E-state index contributed by atoms with van der Waals surface area (Å²) in [5.74, 6) is 1.74. The van der Waals surface area contributed by atoms with Crippen LogP contribution >= 0.6 is 0 Å². The molecule has 0 heterocycles. The van der Waals surface area contributed by atoms with Crippen molar-refractivity contribution >= 4 is 8.56 Å². The van der Waals surface area contributed by atoms with Crippen molar-refractivity contribution < 1.29 is 9.59 Å². The van der Waals surface area contributed by atoms with Gasteiger partial charge < -0.3 is 9.59 Å². The monoisotopic (exact) mass is 554 g/mol. The van der Waals surface area contributed by atoms with Crippen molar-refractivity contribution in [2.24, 2.45) is 17.3 Å². The van der Waals surface area contributed by atoms with Crippen molar-refractivity contribution in [3.63, 3.8) is 0 Å². The highest BCUT2D eigenvalue weighted by atomic mass is 28.4. The molecular weight excluding hydrogens is 492 g/mol. The molecule has 0 aliphatic heterocycles. The van der Waals surface area contributed by atoms with Crippen LogP contribution in [0.2, 0.25) is 12.1 Å². The number of rotatable bonds is 22. The van der Waals surface area contributed by atoms with E-state index in [-0.39, 0.29) is 11.0 Å². The predicted octanol–water partition coefficient (Wildman–Crippen LogP) is 10.9. The fourth-order valence-corrected chi connectivity index (χ4v) is 7.43. The summed E-state index contributed by atoms with van der Waals surface area (Å²) in [4.78, 5) is 21.3.